The van der Waals surface area contributed by atoms with E-state index < -0.39 is 137 Å². The highest BCUT2D eigenvalue weighted by molar-refractivity contribution is 6.58. The van der Waals surface area contributed by atoms with Crippen LogP contribution in [0, 0.1) is 67.1 Å². The Labute approximate surface area is 332 Å². The van der Waals surface area contributed by atoms with Crippen LogP contribution >= 0.6 is 23.2 Å². The fraction of sp³-hybridized carbons (Fsp3) is 0.333. The van der Waals surface area contributed by atoms with Crippen molar-refractivity contribution in [2.75, 3.05) is 35.4 Å². The molecule has 58 heavy (non-hydrogen) atoms. The van der Waals surface area contributed by atoms with E-state index in [-0.39, 0.29) is 34.8 Å². The van der Waals surface area contributed by atoms with Crippen LogP contribution in [-0.4, -0.2) is 69.0 Å². The van der Waals surface area contributed by atoms with E-state index in [9.17, 15) is 57.7 Å². The molecule has 15 nitrogen and oxygen atoms in total. The third-order valence-electron chi connectivity index (χ3n) is 11.0. The van der Waals surface area contributed by atoms with Gasteiger partial charge >= 0.3 is 11.4 Å². The van der Waals surface area contributed by atoms with Crippen LogP contribution in [0.5, 0.6) is 11.5 Å². The van der Waals surface area contributed by atoms with E-state index in [1.807, 2.05) is 0 Å². The number of amides is 4. The first-order valence-corrected chi connectivity index (χ1v) is 17.9. The lowest BCUT2D eigenvalue weighted by molar-refractivity contribution is -0.392. The maximum absolute atomic E-state index is 15.4. The zero-order chi connectivity index (χ0) is 42.7. The summed E-state index contributed by atoms with van der Waals surface area (Å²) >= 11 is 14.2. The molecule has 3 aromatic rings. The number of nitro groups is 2. The number of aromatic hydroxyl groups is 1. The summed E-state index contributed by atoms with van der Waals surface area (Å²) in [4.78, 5) is 75.3. The van der Waals surface area contributed by atoms with Crippen LogP contribution < -0.4 is 19.4 Å². The van der Waals surface area contributed by atoms with Crippen molar-refractivity contribution in [3.8, 4) is 11.5 Å². The standard InChI is InChI=1S/C36H26Cl2F5N5O10/c1-4-58-20-7-5-6-16(30(20)49)22-14-8-9-15-21(32(51)45(31(15)50)13-10-18(47(54)55)28(44(2)3)19(11-13)48(56)57)17(14)12-35(37)33(52)46(34(53)36(22,35)38)29-26(42)24(40)23(39)25(41)27(29)43/h5-8,10-11,15,17,21-22,49H,4,9,12H2,1-3H3. The van der Waals surface area contributed by atoms with Gasteiger partial charge in [0.25, 0.3) is 11.8 Å². The minimum absolute atomic E-state index is 0.00798. The van der Waals surface area contributed by atoms with Gasteiger partial charge in [0.2, 0.25) is 17.6 Å². The first-order valence-electron chi connectivity index (χ1n) is 17.1. The minimum Gasteiger partial charge on any atom is -0.504 e. The number of rotatable bonds is 8. The lowest BCUT2D eigenvalue weighted by Gasteiger charge is -2.50. The van der Waals surface area contributed by atoms with Crippen LogP contribution in [-0.2, 0) is 19.2 Å². The summed E-state index contributed by atoms with van der Waals surface area (Å²) in [5, 5.41) is 35.8. The molecule has 2 saturated heterocycles. The first kappa shape index (κ1) is 40.3. The number of imide groups is 2. The van der Waals surface area contributed by atoms with Crippen molar-refractivity contribution in [1.82, 2.24) is 0 Å². The molecule has 2 aliphatic carbocycles. The topological polar surface area (TPSA) is 194 Å². The second-order valence-corrected chi connectivity index (χ2v) is 15.3. The van der Waals surface area contributed by atoms with Gasteiger partial charge in [-0.1, -0.05) is 23.8 Å². The monoisotopic (exact) mass is 853 g/mol. The number of carbonyl (C=O) groups is 4. The molecule has 1 N–H and O–H groups in total. The van der Waals surface area contributed by atoms with Crippen LogP contribution in [0.15, 0.2) is 42.0 Å². The summed E-state index contributed by atoms with van der Waals surface area (Å²) in [6, 6.07) is 5.44. The van der Waals surface area contributed by atoms with Crippen LogP contribution in [0.1, 0.15) is 31.2 Å². The van der Waals surface area contributed by atoms with Gasteiger partial charge in [0, 0.05) is 37.7 Å². The SMILES string of the molecule is CCOc1cccc(C2C3=CCC4C(=O)N(c5cc([N+](=O)[O-])c(N(C)C)c([N+](=O)[O-])c5)C(=O)C4C3CC3(Cl)C(=O)N(c4c(F)c(F)c(F)c(F)c4F)C(=O)C23Cl)c1O. The van der Waals surface area contributed by atoms with E-state index >= 15 is 8.78 Å². The molecule has 0 aromatic heterocycles. The molecule has 2 heterocycles. The Bertz CT molecular complexity index is 2410. The van der Waals surface area contributed by atoms with E-state index in [1.165, 1.54) is 38.4 Å². The van der Waals surface area contributed by atoms with Crippen LogP contribution in [0.4, 0.5) is 50.4 Å². The van der Waals surface area contributed by atoms with Crippen molar-refractivity contribution in [3.05, 3.63) is 96.9 Å². The molecule has 6 atom stereocenters. The van der Waals surface area contributed by atoms with Gasteiger partial charge in [0.1, 0.15) is 5.69 Å². The summed E-state index contributed by atoms with van der Waals surface area (Å²) in [7, 11) is 2.59. The molecule has 304 valence electrons. The Morgan fingerprint density at radius 2 is 1.45 bits per heavy atom. The Morgan fingerprint density at radius 3 is 1.98 bits per heavy atom. The highest BCUT2D eigenvalue weighted by Crippen LogP contribution is 2.67. The number of fused-ring (bicyclic) bond motifs is 4. The maximum atomic E-state index is 15.4. The molecule has 1 saturated carbocycles. The number of nitro benzene ring substituents is 2. The molecule has 6 unspecified atom stereocenters. The molecule has 4 amide bonds. The van der Waals surface area contributed by atoms with Gasteiger partial charge in [0.15, 0.2) is 50.2 Å². The predicted octanol–water partition coefficient (Wildman–Crippen LogP) is 6.14. The van der Waals surface area contributed by atoms with Crippen molar-refractivity contribution in [1.29, 1.82) is 0 Å². The smallest absolute Gasteiger partial charge is 0.301 e. The average Bonchev–Trinajstić information content (AvgIpc) is 3.51. The van der Waals surface area contributed by atoms with E-state index in [0.29, 0.717) is 4.90 Å². The highest BCUT2D eigenvalue weighted by Gasteiger charge is 2.77. The number of allylic oxidation sites excluding steroid dienone is 2. The number of halogens is 7. The summed E-state index contributed by atoms with van der Waals surface area (Å²) in [6.07, 6.45) is 0.139. The predicted molar refractivity (Wildman–Crippen MR) is 192 cm³/mol. The molecule has 2 aliphatic heterocycles. The molecule has 0 radical (unpaired) electrons. The number of hydrogen-bond acceptors (Lipinski definition) is 11. The average molecular weight is 855 g/mol. The summed E-state index contributed by atoms with van der Waals surface area (Å²) in [5.41, 5.74) is -4.97. The summed E-state index contributed by atoms with van der Waals surface area (Å²) in [6.45, 7) is 1.55. The van der Waals surface area contributed by atoms with Gasteiger partial charge in [-0.15, -0.1) is 23.2 Å². The summed E-state index contributed by atoms with van der Waals surface area (Å²) in [5.74, 6) is -25.4. The normalized spacial score (nSPS) is 26.3. The lowest BCUT2D eigenvalue weighted by Crippen LogP contribution is -2.60. The first-order chi connectivity index (χ1) is 27.2. The Morgan fingerprint density at radius 1 is 0.879 bits per heavy atom. The van der Waals surface area contributed by atoms with Crippen molar-refractivity contribution < 1.29 is 60.8 Å². The number of nitrogens with zero attached hydrogens (tertiary/aromatic N) is 5. The second-order valence-electron chi connectivity index (χ2n) is 14.1. The Balaban J connectivity index is 1.44. The number of benzene rings is 3. The summed E-state index contributed by atoms with van der Waals surface area (Å²) < 4.78 is 79.4. The molecule has 4 aliphatic rings. The van der Waals surface area contributed by atoms with E-state index in [4.69, 9.17) is 27.9 Å². The third-order valence-corrected chi connectivity index (χ3v) is 12.4. The van der Waals surface area contributed by atoms with Crippen LogP contribution in [0.25, 0.3) is 0 Å². The Kier molecular flexibility index (Phi) is 9.46. The molecule has 0 spiro atoms. The molecule has 7 rings (SSSR count). The van der Waals surface area contributed by atoms with Crippen molar-refractivity contribution >= 4 is 75.3 Å². The van der Waals surface area contributed by atoms with Gasteiger partial charge < -0.3 is 14.7 Å². The zero-order valence-corrected chi connectivity index (χ0v) is 31.4. The molecule has 3 aromatic carbocycles. The number of ether oxygens (including phenoxy) is 1. The molecule has 3 fully saturated rings. The fourth-order valence-electron chi connectivity index (χ4n) is 8.67. The lowest BCUT2D eigenvalue weighted by atomic mass is 9.56. The largest absolute Gasteiger partial charge is 0.504 e. The van der Waals surface area contributed by atoms with Crippen molar-refractivity contribution in [2.24, 2.45) is 17.8 Å². The zero-order valence-electron chi connectivity index (χ0n) is 29.9. The number of phenols is 1. The van der Waals surface area contributed by atoms with Crippen molar-refractivity contribution in [2.45, 2.75) is 35.4 Å². The van der Waals surface area contributed by atoms with Gasteiger partial charge in [-0.2, -0.15) is 0 Å². The van der Waals surface area contributed by atoms with Crippen LogP contribution in [0.3, 0.4) is 0 Å². The van der Waals surface area contributed by atoms with E-state index in [2.05, 4.69) is 0 Å². The van der Waals surface area contributed by atoms with Gasteiger partial charge in [-0.25, -0.2) is 31.8 Å². The fourth-order valence-corrected chi connectivity index (χ4v) is 9.59. The number of phenolic OH excluding ortho intramolecular Hbond substituents is 1. The second kappa shape index (κ2) is 13.6. The van der Waals surface area contributed by atoms with Crippen molar-refractivity contribution in [3.63, 3.8) is 0 Å². The van der Waals surface area contributed by atoms with Gasteiger partial charge in [-0.05, 0) is 31.7 Å². The highest BCUT2D eigenvalue weighted by atomic mass is 35.5. The number of hydrogen-bond donors (Lipinski definition) is 1. The number of alkyl halides is 2. The molecule has 0 bridgehead atoms. The Hall–Kier alpha value is -5.89. The number of para-hydroxylation sites is 1. The molecular formula is C36H26Cl2F5N5O10. The molecule has 22 heteroatoms. The number of carbonyl (C=O) groups excluding carboxylic acids is 4. The molecular weight excluding hydrogens is 828 g/mol. The van der Waals surface area contributed by atoms with E-state index in [0.717, 1.165) is 17.0 Å². The van der Waals surface area contributed by atoms with Crippen LogP contribution in [0.2, 0.25) is 0 Å². The van der Waals surface area contributed by atoms with E-state index in [1.54, 1.807) is 6.92 Å². The maximum Gasteiger partial charge on any atom is 0.301 e. The third kappa shape index (κ3) is 5.22. The quantitative estimate of drug-likeness (QED) is 0.0400. The number of anilines is 3. The van der Waals surface area contributed by atoms with Gasteiger partial charge in [-0.3, -0.25) is 39.4 Å². The van der Waals surface area contributed by atoms with Gasteiger partial charge in [0.05, 0.1) is 34.0 Å². The minimum atomic E-state index is -2.95.